The molecule has 2 saturated heterocycles. The second kappa shape index (κ2) is 8.35. The van der Waals surface area contributed by atoms with Crippen LogP contribution in [0, 0.1) is 0 Å². The van der Waals surface area contributed by atoms with Gasteiger partial charge in [-0.2, -0.15) is 0 Å². The van der Waals surface area contributed by atoms with Gasteiger partial charge in [0.1, 0.15) is 16.9 Å². The predicted octanol–water partition coefficient (Wildman–Crippen LogP) is 3.59. The molecule has 0 spiro atoms. The van der Waals surface area contributed by atoms with Gasteiger partial charge in [-0.1, -0.05) is 24.6 Å². The van der Waals surface area contributed by atoms with E-state index in [9.17, 15) is 9.59 Å². The minimum Gasteiger partial charge on any atom is -0.462 e. The fraction of sp³-hybridized carbons (Fsp3) is 0.545. The lowest BCUT2D eigenvalue weighted by atomic mass is 10.0. The molecule has 0 saturated carbocycles. The van der Waals surface area contributed by atoms with E-state index >= 15 is 0 Å². The number of piperidine rings is 1. The highest BCUT2D eigenvalue weighted by atomic mass is 16.5. The van der Waals surface area contributed by atoms with Crippen molar-refractivity contribution in [3.63, 3.8) is 0 Å². The second-order valence-corrected chi connectivity index (χ2v) is 7.68. The molecule has 2 aliphatic heterocycles. The predicted molar refractivity (Wildman–Crippen MR) is 106 cm³/mol. The molecule has 0 radical (unpaired) electrons. The molecule has 6 nitrogen and oxygen atoms in total. The Morgan fingerprint density at radius 3 is 2.86 bits per heavy atom. The first-order valence-electron chi connectivity index (χ1n) is 10.4. The van der Waals surface area contributed by atoms with Crippen molar-refractivity contribution in [2.24, 2.45) is 0 Å². The van der Waals surface area contributed by atoms with E-state index in [2.05, 4.69) is 4.90 Å². The van der Waals surface area contributed by atoms with E-state index in [4.69, 9.17) is 9.15 Å². The Kier molecular flexibility index (Phi) is 5.67. The standard InChI is InChI=1S/C22H28N2O4/c1-2-27-22(26)21-17-9-3-4-10-18(17)28-19(21)15-23-12-6-5-8-16(23)14-24-13-7-11-20(24)25/h3-4,9-10,16H,2,5-8,11-15H2,1H3. The lowest BCUT2D eigenvalue weighted by Gasteiger charge is -2.37. The number of likely N-dealkylation sites (tertiary alicyclic amines) is 2. The maximum Gasteiger partial charge on any atom is 0.342 e. The largest absolute Gasteiger partial charge is 0.462 e. The Balaban J connectivity index is 1.59. The van der Waals surface area contributed by atoms with Gasteiger partial charge in [0.2, 0.25) is 5.91 Å². The van der Waals surface area contributed by atoms with E-state index < -0.39 is 0 Å². The highest BCUT2D eigenvalue weighted by Gasteiger charge is 2.31. The van der Waals surface area contributed by atoms with E-state index in [1.807, 2.05) is 36.1 Å². The molecule has 1 atom stereocenters. The highest BCUT2D eigenvalue weighted by Crippen LogP contribution is 2.30. The summed E-state index contributed by atoms with van der Waals surface area (Å²) in [6.45, 7) is 5.30. The zero-order valence-corrected chi connectivity index (χ0v) is 16.5. The molecule has 6 heteroatoms. The molecule has 4 rings (SSSR count). The SMILES string of the molecule is CCOC(=O)c1c(CN2CCCCC2CN2CCCC2=O)oc2ccccc12. The number of carbonyl (C=O) groups is 2. The van der Waals surface area contributed by atoms with Crippen molar-refractivity contribution < 1.29 is 18.7 Å². The highest BCUT2D eigenvalue weighted by molar-refractivity contribution is 6.04. The van der Waals surface area contributed by atoms with E-state index in [1.165, 1.54) is 6.42 Å². The molecule has 28 heavy (non-hydrogen) atoms. The van der Waals surface area contributed by atoms with Gasteiger partial charge in [0.25, 0.3) is 0 Å². The van der Waals surface area contributed by atoms with Crippen molar-refractivity contribution in [3.8, 4) is 0 Å². The van der Waals surface area contributed by atoms with Crippen LogP contribution in [0.1, 0.15) is 55.1 Å². The van der Waals surface area contributed by atoms with Crippen LogP contribution in [0.5, 0.6) is 0 Å². The van der Waals surface area contributed by atoms with Crippen molar-refractivity contribution in [2.75, 3.05) is 26.2 Å². The first-order valence-corrected chi connectivity index (χ1v) is 10.4. The Morgan fingerprint density at radius 1 is 1.21 bits per heavy atom. The monoisotopic (exact) mass is 384 g/mol. The van der Waals surface area contributed by atoms with Crippen LogP contribution in [0.2, 0.25) is 0 Å². The van der Waals surface area contributed by atoms with E-state index in [0.29, 0.717) is 42.5 Å². The minimum absolute atomic E-state index is 0.265. The van der Waals surface area contributed by atoms with Crippen molar-refractivity contribution in [1.29, 1.82) is 0 Å². The Morgan fingerprint density at radius 2 is 2.07 bits per heavy atom. The van der Waals surface area contributed by atoms with Gasteiger partial charge in [0, 0.05) is 30.9 Å². The lowest BCUT2D eigenvalue weighted by Crippen LogP contribution is -2.46. The molecule has 0 aliphatic carbocycles. The molecule has 150 valence electrons. The molecular formula is C22H28N2O4. The average Bonchev–Trinajstić information content (AvgIpc) is 3.26. The first kappa shape index (κ1) is 19.0. The summed E-state index contributed by atoms with van der Waals surface area (Å²) in [6, 6.07) is 7.92. The number of hydrogen-bond acceptors (Lipinski definition) is 5. The summed E-state index contributed by atoms with van der Waals surface area (Å²) in [5.74, 6) is 0.603. The van der Waals surface area contributed by atoms with Crippen molar-refractivity contribution >= 4 is 22.8 Å². The van der Waals surface area contributed by atoms with Crippen molar-refractivity contribution in [2.45, 2.75) is 51.6 Å². The third kappa shape index (κ3) is 3.78. The fourth-order valence-corrected chi connectivity index (χ4v) is 4.45. The van der Waals surface area contributed by atoms with Gasteiger partial charge in [0.05, 0.1) is 13.2 Å². The van der Waals surface area contributed by atoms with Crippen molar-refractivity contribution in [1.82, 2.24) is 9.80 Å². The Labute approximate surface area is 165 Å². The van der Waals surface area contributed by atoms with E-state index in [0.717, 1.165) is 44.3 Å². The maximum atomic E-state index is 12.6. The third-order valence-corrected chi connectivity index (χ3v) is 5.85. The van der Waals surface area contributed by atoms with Crippen LogP contribution in [-0.2, 0) is 16.1 Å². The van der Waals surface area contributed by atoms with Gasteiger partial charge in [-0.05, 0) is 38.8 Å². The summed E-state index contributed by atoms with van der Waals surface area (Å²) in [5.41, 5.74) is 1.25. The van der Waals surface area contributed by atoms with E-state index in [-0.39, 0.29) is 11.9 Å². The number of benzene rings is 1. The zero-order chi connectivity index (χ0) is 19.5. The van der Waals surface area contributed by atoms with Gasteiger partial charge in [-0.15, -0.1) is 0 Å². The number of para-hydroxylation sites is 1. The Bertz CT molecular complexity index is 859. The normalized spacial score (nSPS) is 20.8. The summed E-state index contributed by atoms with van der Waals surface area (Å²) < 4.78 is 11.4. The summed E-state index contributed by atoms with van der Waals surface area (Å²) in [6.07, 6.45) is 5.00. The molecule has 1 amide bonds. The quantitative estimate of drug-likeness (QED) is 0.712. The maximum absolute atomic E-state index is 12.6. The number of hydrogen-bond donors (Lipinski definition) is 0. The summed E-state index contributed by atoms with van der Waals surface area (Å²) >= 11 is 0. The van der Waals surface area contributed by atoms with E-state index in [1.54, 1.807) is 0 Å². The van der Waals surface area contributed by atoms with Gasteiger partial charge >= 0.3 is 5.97 Å². The number of furan rings is 1. The van der Waals surface area contributed by atoms with Crippen molar-refractivity contribution in [3.05, 3.63) is 35.6 Å². The fourth-order valence-electron chi connectivity index (χ4n) is 4.45. The van der Waals surface area contributed by atoms with Gasteiger partial charge in [0.15, 0.2) is 0 Å². The zero-order valence-electron chi connectivity index (χ0n) is 16.5. The number of rotatable bonds is 6. The molecule has 0 bridgehead atoms. The first-order chi connectivity index (χ1) is 13.7. The van der Waals surface area contributed by atoms with Crippen LogP contribution < -0.4 is 0 Å². The molecular weight excluding hydrogens is 356 g/mol. The van der Waals surface area contributed by atoms with Gasteiger partial charge in [-0.3, -0.25) is 9.69 Å². The number of amides is 1. The minimum atomic E-state index is -0.328. The molecule has 0 N–H and O–H groups in total. The molecule has 1 aromatic heterocycles. The molecule has 2 aromatic rings. The van der Waals surface area contributed by atoms with Gasteiger partial charge < -0.3 is 14.1 Å². The third-order valence-electron chi connectivity index (χ3n) is 5.85. The number of carbonyl (C=O) groups excluding carboxylic acids is 2. The number of fused-ring (bicyclic) bond motifs is 1. The lowest BCUT2D eigenvalue weighted by molar-refractivity contribution is -0.128. The summed E-state index contributed by atoms with van der Waals surface area (Å²) in [5, 5.41) is 0.805. The molecule has 2 fully saturated rings. The Hall–Kier alpha value is -2.34. The van der Waals surface area contributed by atoms with Crippen LogP contribution in [0.25, 0.3) is 11.0 Å². The van der Waals surface area contributed by atoms with Crippen LogP contribution in [0.3, 0.4) is 0 Å². The average molecular weight is 384 g/mol. The molecule has 1 aromatic carbocycles. The smallest absolute Gasteiger partial charge is 0.342 e. The topological polar surface area (TPSA) is 63.0 Å². The number of esters is 1. The second-order valence-electron chi connectivity index (χ2n) is 7.68. The number of ether oxygens (including phenoxy) is 1. The molecule has 3 heterocycles. The van der Waals surface area contributed by atoms with Crippen LogP contribution in [0.4, 0.5) is 0 Å². The van der Waals surface area contributed by atoms with Crippen LogP contribution in [-0.4, -0.2) is 54.0 Å². The summed E-state index contributed by atoms with van der Waals surface area (Å²) in [4.78, 5) is 29.1. The molecule has 2 aliphatic rings. The number of nitrogens with zero attached hydrogens (tertiary/aromatic N) is 2. The van der Waals surface area contributed by atoms with Gasteiger partial charge in [-0.25, -0.2) is 4.79 Å². The van der Waals surface area contributed by atoms with Crippen LogP contribution in [0.15, 0.2) is 28.7 Å². The summed E-state index contributed by atoms with van der Waals surface area (Å²) in [7, 11) is 0. The molecule has 1 unspecified atom stereocenters. The van der Waals surface area contributed by atoms with Crippen LogP contribution >= 0.6 is 0 Å².